The third kappa shape index (κ3) is 2.71. The highest BCUT2D eigenvalue weighted by Crippen LogP contribution is 2.19. The van der Waals surface area contributed by atoms with E-state index in [0.29, 0.717) is 11.1 Å². The van der Waals surface area contributed by atoms with Gasteiger partial charge in [0.2, 0.25) is 11.7 Å². The fourth-order valence-electron chi connectivity index (χ4n) is 1.42. The minimum atomic E-state index is -0.934. The van der Waals surface area contributed by atoms with Crippen LogP contribution in [0.5, 0.6) is 0 Å². The third-order valence-electron chi connectivity index (χ3n) is 2.45. The van der Waals surface area contributed by atoms with Crippen molar-refractivity contribution < 1.29 is 18.8 Å². The summed E-state index contributed by atoms with van der Waals surface area (Å²) in [7, 11) is 0. The van der Waals surface area contributed by atoms with Crippen molar-refractivity contribution in [3.8, 4) is 11.4 Å². The standard InChI is InChI=1S/C12H11FN2O3/c1-7-2-3-8(6-9(7)13)12-14-10(18-15-12)4-5-11(16)17/h2-3,6H,4-5H2,1H3,(H,16,17). The molecule has 1 N–H and O–H groups in total. The largest absolute Gasteiger partial charge is 0.481 e. The monoisotopic (exact) mass is 250 g/mol. The topological polar surface area (TPSA) is 76.2 Å². The summed E-state index contributed by atoms with van der Waals surface area (Å²) in [5, 5.41) is 12.2. The van der Waals surface area contributed by atoms with Crippen LogP contribution in [0.15, 0.2) is 22.7 Å². The maximum atomic E-state index is 13.4. The number of halogens is 1. The molecule has 94 valence electrons. The molecule has 1 aromatic heterocycles. The van der Waals surface area contributed by atoms with E-state index in [-0.39, 0.29) is 30.4 Å². The van der Waals surface area contributed by atoms with Gasteiger partial charge in [-0.2, -0.15) is 4.98 Å². The van der Waals surface area contributed by atoms with Crippen LogP contribution in [0.2, 0.25) is 0 Å². The summed E-state index contributed by atoms with van der Waals surface area (Å²) in [6, 6.07) is 4.63. The molecule has 5 nitrogen and oxygen atoms in total. The van der Waals surface area contributed by atoms with Crippen LogP contribution in [-0.4, -0.2) is 21.2 Å². The molecule has 0 unspecified atom stereocenters. The van der Waals surface area contributed by atoms with Gasteiger partial charge < -0.3 is 9.63 Å². The number of nitrogens with zero attached hydrogens (tertiary/aromatic N) is 2. The Kier molecular flexibility index (Phi) is 3.36. The van der Waals surface area contributed by atoms with Gasteiger partial charge in [0.15, 0.2) is 0 Å². The summed E-state index contributed by atoms with van der Waals surface area (Å²) in [6.07, 6.45) is 0.0839. The van der Waals surface area contributed by atoms with Crippen LogP contribution in [0, 0.1) is 12.7 Å². The fraction of sp³-hybridized carbons (Fsp3) is 0.250. The Labute approximate surface area is 102 Å². The van der Waals surface area contributed by atoms with Gasteiger partial charge in [-0.1, -0.05) is 17.3 Å². The van der Waals surface area contributed by atoms with Crippen molar-refractivity contribution in [1.82, 2.24) is 10.1 Å². The minimum Gasteiger partial charge on any atom is -0.481 e. The summed E-state index contributed by atoms with van der Waals surface area (Å²) < 4.78 is 18.3. The van der Waals surface area contributed by atoms with Crippen LogP contribution in [0.25, 0.3) is 11.4 Å². The van der Waals surface area contributed by atoms with Crippen molar-refractivity contribution in [2.24, 2.45) is 0 Å². The highest BCUT2D eigenvalue weighted by Gasteiger charge is 2.11. The van der Waals surface area contributed by atoms with Crippen molar-refractivity contribution in [1.29, 1.82) is 0 Å². The number of rotatable bonds is 4. The Bertz CT molecular complexity index is 580. The first-order valence-corrected chi connectivity index (χ1v) is 5.37. The van der Waals surface area contributed by atoms with Crippen molar-refractivity contribution >= 4 is 5.97 Å². The molecule has 1 heterocycles. The number of benzene rings is 1. The highest BCUT2D eigenvalue weighted by molar-refractivity contribution is 5.66. The maximum Gasteiger partial charge on any atom is 0.303 e. The molecule has 18 heavy (non-hydrogen) atoms. The minimum absolute atomic E-state index is 0.0795. The Morgan fingerprint density at radius 2 is 2.28 bits per heavy atom. The Hall–Kier alpha value is -2.24. The van der Waals surface area contributed by atoms with Crippen LogP contribution in [0.1, 0.15) is 17.9 Å². The lowest BCUT2D eigenvalue weighted by molar-refractivity contribution is -0.137. The number of hydrogen-bond acceptors (Lipinski definition) is 4. The number of aryl methyl sites for hydroxylation is 2. The van der Waals surface area contributed by atoms with Crippen LogP contribution >= 0.6 is 0 Å². The normalized spacial score (nSPS) is 10.6. The number of aliphatic carboxylic acids is 1. The molecular formula is C12H11FN2O3. The lowest BCUT2D eigenvalue weighted by Gasteiger charge is -1.97. The molecular weight excluding hydrogens is 239 g/mol. The van der Waals surface area contributed by atoms with Crippen molar-refractivity contribution in [2.75, 3.05) is 0 Å². The Morgan fingerprint density at radius 3 is 2.94 bits per heavy atom. The van der Waals surface area contributed by atoms with E-state index in [1.165, 1.54) is 6.07 Å². The SMILES string of the molecule is Cc1ccc(-c2noc(CCC(=O)O)n2)cc1F. The second-order valence-electron chi connectivity index (χ2n) is 3.87. The molecule has 0 aliphatic carbocycles. The molecule has 0 fully saturated rings. The van der Waals surface area contributed by atoms with E-state index in [2.05, 4.69) is 10.1 Å². The van der Waals surface area contributed by atoms with Crippen molar-refractivity contribution in [3.05, 3.63) is 35.5 Å². The zero-order chi connectivity index (χ0) is 13.1. The lowest BCUT2D eigenvalue weighted by Crippen LogP contribution is -1.97. The van der Waals surface area contributed by atoms with Gasteiger partial charge in [-0.15, -0.1) is 0 Å². The number of aromatic nitrogens is 2. The summed E-state index contributed by atoms with van der Waals surface area (Å²) in [5.41, 5.74) is 1.04. The summed E-state index contributed by atoms with van der Waals surface area (Å²) >= 11 is 0. The zero-order valence-electron chi connectivity index (χ0n) is 9.68. The van der Waals surface area contributed by atoms with E-state index >= 15 is 0 Å². The van der Waals surface area contributed by atoms with E-state index in [9.17, 15) is 9.18 Å². The van der Waals surface area contributed by atoms with E-state index in [4.69, 9.17) is 9.63 Å². The molecule has 2 rings (SSSR count). The first-order valence-electron chi connectivity index (χ1n) is 5.37. The van der Waals surface area contributed by atoms with Gasteiger partial charge in [0.05, 0.1) is 6.42 Å². The van der Waals surface area contributed by atoms with E-state index in [1.807, 2.05) is 0 Å². The summed E-state index contributed by atoms with van der Waals surface area (Å²) in [5.74, 6) is -0.789. The fourth-order valence-corrected chi connectivity index (χ4v) is 1.42. The molecule has 1 aromatic carbocycles. The number of carboxylic acids is 1. The van der Waals surface area contributed by atoms with E-state index in [1.54, 1.807) is 19.1 Å². The second kappa shape index (κ2) is 4.95. The van der Waals surface area contributed by atoms with Gasteiger partial charge >= 0.3 is 5.97 Å². The van der Waals surface area contributed by atoms with Crippen LogP contribution in [0.3, 0.4) is 0 Å². The Balaban J connectivity index is 2.18. The number of carboxylic acid groups (broad SMARTS) is 1. The number of carbonyl (C=O) groups is 1. The first kappa shape index (κ1) is 12.2. The summed E-state index contributed by atoms with van der Waals surface area (Å²) in [4.78, 5) is 14.4. The smallest absolute Gasteiger partial charge is 0.303 e. The molecule has 0 amide bonds. The molecule has 0 saturated heterocycles. The molecule has 0 bridgehead atoms. The van der Waals surface area contributed by atoms with Gasteiger partial charge in [0.25, 0.3) is 0 Å². The van der Waals surface area contributed by atoms with Gasteiger partial charge in [-0.05, 0) is 18.6 Å². The van der Waals surface area contributed by atoms with Crippen molar-refractivity contribution in [3.63, 3.8) is 0 Å². The molecule has 2 aromatic rings. The Morgan fingerprint density at radius 1 is 1.50 bits per heavy atom. The predicted molar refractivity (Wildman–Crippen MR) is 60.4 cm³/mol. The van der Waals surface area contributed by atoms with E-state index in [0.717, 1.165) is 0 Å². The highest BCUT2D eigenvalue weighted by atomic mass is 19.1. The average molecular weight is 250 g/mol. The molecule has 0 saturated carbocycles. The lowest BCUT2D eigenvalue weighted by atomic mass is 10.1. The zero-order valence-corrected chi connectivity index (χ0v) is 9.68. The molecule has 0 aliphatic heterocycles. The maximum absolute atomic E-state index is 13.4. The van der Waals surface area contributed by atoms with E-state index < -0.39 is 5.97 Å². The van der Waals surface area contributed by atoms with Crippen molar-refractivity contribution in [2.45, 2.75) is 19.8 Å². The predicted octanol–water partition coefficient (Wildman–Crippen LogP) is 2.20. The number of hydrogen-bond donors (Lipinski definition) is 1. The van der Waals surface area contributed by atoms with Gasteiger partial charge in [0, 0.05) is 12.0 Å². The third-order valence-corrected chi connectivity index (χ3v) is 2.45. The van der Waals surface area contributed by atoms with Gasteiger partial charge in [-0.25, -0.2) is 4.39 Å². The van der Waals surface area contributed by atoms with Crippen LogP contribution in [0.4, 0.5) is 4.39 Å². The molecule has 0 aliphatic rings. The second-order valence-corrected chi connectivity index (χ2v) is 3.87. The summed E-state index contributed by atoms with van der Waals surface area (Å²) in [6.45, 7) is 1.66. The molecule has 0 atom stereocenters. The molecule has 0 radical (unpaired) electrons. The molecule has 0 spiro atoms. The average Bonchev–Trinajstić information content (AvgIpc) is 2.79. The van der Waals surface area contributed by atoms with Crippen LogP contribution < -0.4 is 0 Å². The quantitative estimate of drug-likeness (QED) is 0.900. The van der Waals surface area contributed by atoms with Gasteiger partial charge in [-0.3, -0.25) is 4.79 Å². The van der Waals surface area contributed by atoms with Crippen LogP contribution in [-0.2, 0) is 11.2 Å². The molecule has 6 heteroatoms. The van der Waals surface area contributed by atoms with Gasteiger partial charge in [0.1, 0.15) is 5.82 Å². The first-order chi connectivity index (χ1) is 8.56.